The molecule has 2 N–H and O–H groups in total. The van der Waals surface area contributed by atoms with E-state index in [9.17, 15) is 0 Å². The van der Waals surface area contributed by atoms with Crippen molar-refractivity contribution in [1.29, 1.82) is 0 Å². The Morgan fingerprint density at radius 3 is 3.00 bits per heavy atom. The van der Waals surface area contributed by atoms with Gasteiger partial charge in [-0.1, -0.05) is 18.6 Å². The third-order valence-corrected chi connectivity index (χ3v) is 1.66. The normalized spacial score (nSPS) is 10.5. The minimum absolute atomic E-state index is 0.452. The number of hydrogen-bond donors (Lipinski definition) is 1. The van der Waals surface area contributed by atoms with Gasteiger partial charge in [0.2, 0.25) is 0 Å². The molecular formula is C8H16N4O. The highest BCUT2D eigenvalue weighted by Crippen LogP contribution is 1.93. The van der Waals surface area contributed by atoms with Crippen molar-refractivity contribution >= 4 is 5.82 Å². The van der Waals surface area contributed by atoms with Crippen LogP contribution in [0.15, 0.2) is 6.20 Å². The van der Waals surface area contributed by atoms with E-state index in [2.05, 4.69) is 17.2 Å². The molecule has 1 heterocycles. The van der Waals surface area contributed by atoms with Crippen molar-refractivity contribution in [3.63, 3.8) is 0 Å². The van der Waals surface area contributed by atoms with Crippen LogP contribution in [-0.2, 0) is 11.3 Å². The molecule has 74 valence electrons. The largest absolute Gasteiger partial charge is 0.381 e. The number of nitrogens with two attached hydrogens (primary N) is 1. The smallest absolute Gasteiger partial charge is 0.165 e. The van der Waals surface area contributed by atoms with E-state index >= 15 is 0 Å². The second-order valence-corrected chi connectivity index (χ2v) is 2.87. The summed E-state index contributed by atoms with van der Waals surface area (Å²) in [6.07, 6.45) is 3.97. The summed E-state index contributed by atoms with van der Waals surface area (Å²) in [5.41, 5.74) is 5.40. The maximum atomic E-state index is 5.40. The fourth-order valence-electron chi connectivity index (χ4n) is 0.929. The van der Waals surface area contributed by atoms with Gasteiger partial charge in [0, 0.05) is 6.61 Å². The zero-order chi connectivity index (χ0) is 9.52. The Balaban J connectivity index is 2.06. The van der Waals surface area contributed by atoms with Crippen LogP contribution in [0.25, 0.3) is 0 Å². The molecule has 0 aromatic carbocycles. The van der Waals surface area contributed by atoms with E-state index in [1.54, 1.807) is 10.9 Å². The fourth-order valence-corrected chi connectivity index (χ4v) is 0.929. The van der Waals surface area contributed by atoms with Crippen LogP contribution in [0.4, 0.5) is 5.82 Å². The quantitative estimate of drug-likeness (QED) is 0.660. The van der Waals surface area contributed by atoms with Crippen molar-refractivity contribution in [2.75, 3.05) is 18.9 Å². The third-order valence-electron chi connectivity index (χ3n) is 1.66. The number of nitrogens with zero attached hydrogens (tertiary/aromatic N) is 3. The number of rotatable bonds is 6. The van der Waals surface area contributed by atoms with Crippen molar-refractivity contribution < 1.29 is 4.74 Å². The first-order valence-corrected chi connectivity index (χ1v) is 4.56. The highest BCUT2D eigenvalue weighted by atomic mass is 16.5. The van der Waals surface area contributed by atoms with Crippen molar-refractivity contribution in [2.45, 2.75) is 26.3 Å². The van der Waals surface area contributed by atoms with Gasteiger partial charge in [-0.3, -0.25) is 0 Å². The van der Waals surface area contributed by atoms with Crippen molar-refractivity contribution in [3.8, 4) is 0 Å². The third kappa shape index (κ3) is 3.89. The summed E-state index contributed by atoms with van der Waals surface area (Å²) >= 11 is 0. The molecule has 0 saturated heterocycles. The van der Waals surface area contributed by atoms with Gasteiger partial charge in [0.25, 0.3) is 0 Å². The molecule has 0 atom stereocenters. The molecule has 5 heteroatoms. The van der Waals surface area contributed by atoms with Crippen LogP contribution in [0.5, 0.6) is 0 Å². The summed E-state index contributed by atoms with van der Waals surface area (Å²) in [5.74, 6) is 0.452. The van der Waals surface area contributed by atoms with Gasteiger partial charge >= 0.3 is 0 Å². The molecule has 0 aliphatic rings. The van der Waals surface area contributed by atoms with Gasteiger partial charge in [0.05, 0.1) is 19.3 Å². The van der Waals surface area contributed by atoms with E-state index in [-0.39, 0.29) is 0 Å². The highest BCUT2D eigenvalue weighted by Gasteiger charge is 1.95. The summed E-state index contributed by atoms with van der Waals surface area (Å²) in [4.78, 5) is 0. The standard InChI is InChI=1S/C8H16N4O/c1-2-3-5-13-6-4-12-7-8(9)10-11-12/h7H,2-6,9H2,1H3. The second-order valence-electron chi connectivity index (χ2n) is 2.87. The van der Waals surface area contributed by atoms with Crippen LogP contribution in [0.3, 0.4) is 0 Å². The van der Waals surface area contributed by atoms with Gasteiger partial charge in [-0.2, -0.15) is 0 Å². The first kappa shape index (κ1) is 9.98. The molecule has 0 unspecified atom stereocenters. The predicted molar refractivity (Wildman–Crippen MR) is 50.2 cm³/mol. The zero-order valence-corrected chi connectivity index (χ0v) is 7.94. The molecule has 0 amide bonds. The topological polar surface area (TPSA) is 66.0 Å². The van der Waals surface area contributed by atoms with E-state index in [0.29, 0.717) is 19.0 Å². The fraction of sp³-hybridized carbons (Fsp3) is 0.750. The number of anilines is 1. The molecule has 1 aromatic heterocycles. The lowest BCUT2D eigenvalue weighted by Crippen LogP contribution is -2.07. The van der Waals surface area contributed by atoms with Crippen molar-refractivity contribution in [1.82, 2.24) is 15.0 Å². The molecule has 0 aliphatic carbocycles. The highest BCUT2D eigenvalue weighted by molar-refractivity contribution is 5.19. The Hall–Kier alpha value is -1.10. The molecule has 0 bridgehead atoms. The van der Waals surface area contributed by atoms with Gasteiger partial charge < -0.3 is 10.5 Å². The number of unbranched alkanes of at least 4 members (excludes halogenated alkanes) is 1. The maximum absolute atomic E-state index is 5.40. The Bertz CT molecular complexity index is 236. The monoisotopic (exact) mass is 184 g/mol. The summed E-state index contributed by atoms with van der Waals surface area (Å²) in [6, 6.07) is 0. The molecule has 1 rings (SSSR count). The molecule has 1 aromatic rings. The summed E-state index contributed by atoms with van der Waals surface area (Å²) in [6.45, 7) is 4.35. The van der Waals surface area contributed by atoms with Crippen LogP contribution >= 0.6 is 0 Å². The van der Waals surface area contributed by atoms with Crippen molar-refractivity contribution in [2.24, 2.45) is 0 Å². The van der Waals surface area contributed by atoms with E-state index in [0.717, 1.165) is 19.4 Å². The number of aromatic nitrogens is 3. The Kier molecular flexibility index (Phi) is 4.25. The molecule has 0 spiro atoms. The number of hydrogen-bond acceptors (Lipinski definition) is 4. The molecule has 0 saturated carbocycles. The lowest BCUT2D eigenvalue weighted by molar-refractivity contribution is 0.120. The van der Waals surface area contributed by atoms with Crippen molar-refractivity contribution in [3.05, 3.63) is 6.20 Å². The summed E-state index contributed by atoms with van der Waals surface area (Å²) in [7, 11) is 0. The minimum atomic E-state index is 0.452. The van der Waals surface area contributed by atoms with Gasteiger partial charge in [-0.25, -0.2) is 4.68 Å². The average molecular weight is 184 g/mol. The van der Waals surface area contributed by atoms with Crippen LogP contribution in [0.2, 0.25) is 0 Å². The van der Waals surface area contributed by atoms with E-state index in [1.165, 1.54) is 0 Å². The van der Waals surface area contributed by atoms with E-state index in [1.807, 2.05) is 0 Å². The minimum Gasteiger partial charge on any atom is -0.381 e. The van der Waals surface area contributed by atoms with Crippen LogP contribution < -0.4 is 5.73 Å². The summed E-state index contributed by atoms with van der Waals surface area (Å²) in [5, 5.41) is 7.46. The van der Waals surface area contributed by atoms with Crippen LogP contribution in [-0.4, -0.2) is 28.2 Å². The number of ether oxygens (including phenoxy) is 1. The lowest BCUT2D eigenvalue weighted by Gasteiger charge is -2.01. The summed E-state index contributed by atoms with van der Waals surface area (Å²) < 4.78 is 7.04. The second kappa shape index (κ2) is 5.53. The van der Waals surface area contributed by atoms with Gasteiger partial charge in [0.1, 0.15) is 0 Å². The Morgan fingerprint density at radius 2 is 2.38 bits per heavy atom. The molecule has 0 aliphatic heterocycles. The lowest BCUT2D eigenvalue weighted by atomic mass is 10.4. The van der Waals surface area contributed by atoms with Gasteiger partial charge in [-0.15, -0.1) is 5.10 Å². The molecule has 13 heavy (non-hydrogen) atoms. The molecular weight excluding hydrogens is 168 g/mol. The Labute approximate surface area is 77.9 Å². The molecule has 5 nitrogen and oxygen atoms in total. The molecule has 0 radical (unpaired) electrons. The van der Waals surface area contributed by atoms with Gasteiger partial charge in [-0.05, 0) is 6.42 Å². The maximum Gasteiger partial charge on any atom is 0.165 e. The van der Waals surface area contributed by atoms with Crippen LogP contribution in [0, 0.1) is 0 Å². The van der Waals surface area contributed by atoms with E-state index < -0.39 is 0 Å². The van der Waals surface area contributed by atoms with Gasteiger partial charge in [0.15, 0.2) is 5.82 Å². The zero-order valence-electron chi connectivity index (χ0n) is 7.94. The van der Waals surface area contributed by atoms with E-state index in [4.69, 9.17) is 10.5 Å². The average Bonchev–Trinajstić information content (AvgIpc) is 2.51. The SMILES string of the molecule is CCCCOCCn1cc(N)nn1. The Morgan fingerprint density at radius 1 is 1.54 bits per heavy atom. The predicted octanol–water partition coefficient (Wildman–Crippen LogP) is 0.677. The molecule has 0 fully saturated rings. The first-order valence-electron chi connectivity index (χ1n) is 4.56. The van der Waals surface area contributed by atoms with Crippen LogP contribution in [0.1, 0.15) is 19.8 Å². The first-order chi connectivity index (χ1) is 6.33. The number of nitrogen functional groups attached to an aromatic ring is 1.